The van der Waals surface area contributed by atoms with Gasteiger partial charge in [-0.2, -0.15) is 0 Å². The Labute approximate surface area is 88.6 Å². The lowest BCUT2D eigenvalue weighted by Crippen LogP contribution is -2.04. The Balaban J connectivity index is 3.28. The topological polar surface area (TPSA) is 63.3 Å². The van der Waals surface area contributed by atoms with E-state index < -0.39 is 0 Å². The molecule has 0 aliphatic carbocycles. The van der Waals surface area contributed by atoms with Crippen molar-refractivity contribution in [2.75, 3.05) is 11.1 Å². The van der Waals surface area contributed by atoms with Crippen LogP contribution in [-0.2, 0) is 0 Å². The normalized spacial score (nSPS) is 10.0. The highest BCUT2D eigenvalue weighted by Crippen LogP contribution is 2.28. The number of aromatic hydroxyl groups is 1. The Morgan fingerprint density at radius 3 is 2.77 bits per heavy atom. The minimum atomic E-state index is -0.213. The number of anilines is 1. The van der Waals surface area contributed by atoms with Gasteiger partial charge in [-0.3, -0.25) is 4.79 Å². The van der Waals surface area contributed by atoms with Gasteiger partial charge in [0.1, 0.15) is 5.75 Å². The molecule has 0 bridgehead atoms. The van der Waals surface area contributed by atoms with Crippen LogP contribution in [0.25, 0.3) is 0 Å². The Kier molecular flexibility index (Phi) is 3.17. The molecule has 1 rings (SSSR count). The van der Waals surface area contributed by atoms with Crippen LogP contribution in [0.3, 0.4) is 0 Å². The minimum Gasteiger partial charge on any atom is -0.508 e. The van der Waals surface area contributed by atoms with Crippen molar-refractivity contribution in [1.29, 1.82) is 0 Å². The van der Waals surface area contributed by atoms with E-state index in [1.54, 1.807) is 0 Å². The van der Waals surface area contributed by atoms with Crippen molar-refractivity contribution in [1.82, 2.24) is 0 Å². The number of ketones is 1. The SMILES string of the molecule is Nc1c(Cl)cc(O)cc1C(=O)CBr. The molecular weight excluding hydrogens is 257 g/mol. The average molecular weight is 265 g/mol. The summed E-state index contributed by atoms with van der Waals surface area (Å²) in [6.07, 6.45) is 0. The molecule has 0 saturated carbocycles. The number of rotatable bonds is 2. The van der Waals surface area contributed by atoms with E-state index in [0.717, 1.165) is 0 Å². The third kappa shape index (κ3) is 2.14. The van der Waals surface area contributed by atoms with E-state index >= 15 is 0 Å². The molecule has 0 fully saturated rings. The number of hydrogen-bond donors (Lipinski definition) is 2. The standard InChI is InChI=1S/C8H7BrClNO2/c9-3-7(13)5-1-4(12)2-6(10)8(5)11/h1-2,12H,3,11H2. The maximum Gasteiger partial charge on any atom is 0.175 e. The third-order valence-electron chi connectivity index (χ3n) is 1.54. The van der Waals surface area contributed by atoms with Gasteiger partial charge >= 0.3 is 0 Å². The molecular formula is C8H7BrClNO2. The number of Topliss-reactive ketones (excluding diaryl/α,β-unsaturated/α-hetero) is 1. The Hall–Kier alpha value is -0.740. The second-order valence-corrected chi connectivity index (χ2v) is 3.41. The van der Waals surface area contributed by atoms with E-state index in [-0.39, 0.29) is 33.1 Å². The number of nitrogen functional groups attached to an aromatic ring is 1. The number of benzene rings is 1. The van der Waals surface area contributed by atoms with Crippen molar-refractivity contribution in [3.63, 3.8) is 0 Å². The number of carbonyl (C=O) groups is 1. The highest BCUT2D eigenvalue weighted by atomic mass is 79.9. The van der Waals surface area contributed by atoms with E-state index in [0.29, 0.717) is 0 Å². The van der Waals surface area contributed by atoms with Gasteiger partial charge in [0, 0.05) is 11.6 Å². The predicted molar refractivity (Wildman–Crippen MR) is 55.7 cm³/mol. The zero-order chi connectivity index (χ0) is 10.0. The summed E-state index contributed by atoms with van der Waals surface area (Å²) in [5, 5.41) is 9.49. The van der Waals surface area contributed by atoms with Crippen molar-refractivity contribution < 1.29 is 9.90 Å². The quantitative estimate of drug-likeness (QED) is 0.372. The molecule has 1 aromatic rings. The molecule has 3 nitrogen and oxygen atoms in total. The number of hydrogen-bond acceptors (Lipinski definition) is 3. The van der Waals surface area contributed by atoms with Crippen molar-refractivity contribution in [2.45, 2.75) is 0 Å². The molecule has 0 atom stereocenters. The molecule has 0 spiro atoms. The maximum atomic E-state index is 11.2. The van der Waals surface area contributed by atoms with E-state index in [2.05, 4.69) is 15.9 Å². The minimum absolute atomic E-state index is 0.0662. The van der Waals surface area contributed by atoms with Gasteiger partial charge in [-0.25, -0.2) is 0 Å². The van der Waals surface area contributed by atoms with Crippen molar-refractivity contribution in [3.8, 4) is 5.75 Å². The molecule has 13 heavy (non-hydrogen) atoms. The summed E-state index contributed by atoms with van der Waals surface area (Å²) >= 11 is 8.67. The van der Waals surface area contributed by atoms with Crippen molar-refractivity contribution in [3.05, 3.63) is 22.7 Å². The first-order valence-electron chi connectivity index (χ1n) is 3.43. The summed E-state index contributed by atoms with van der Waals surface area (Å²) in [5.41, 5.74) is 5.98. The Morgan fingerprint density at radius 1 is 1.62 bits per heavy atom. The Bertz CT molecular complexity index is 354. The molecule has 0 unspecified atom stereocenters. The van der Waals surface area contributed by atoms with Crippen LogP contribution >= 0.6 is 27.5 Å². The smallest absolute Gasteiger partial charge is 0.175 e. The van der Waals surface area contributed by atoms with Crippen molar-refractivity contribution >= 4 is 39.0 Å². The van der Waals surface area contributed by atoms with Crippen LogP contribution in [-0.4, -0.2) is 16.2 Å². The molecule has 0 heterocycles. The molecule has 0 aromatic heterocycles. The first-order chi connectivity index (χ1) is 6.06. The lowest BCUT2D eigenvalue weighted by molar-refractivity contribution is 0.102. The highest BCUT2D eigenvalue weighted by Gasteiger charge is 2.12. The van der Waals surface area contributed by atoms with E-state index in [1.165, 1.54) is 12.1 Å². The summed E-state index contributed by atoms with van der Waals surface area (Å²) in [5.74, 6) is -0.279. The molecule has 5 heteroatoms. The first-order valence-corrected chi connectivity index (χ1v) is 4.93. The summed E-state index contributed by atoms with van der Waals surface area (Å²) in [7, 11) is 0. The largest absolute Gasteiger partial charge is 0.508 e. The summed E-state index contributed by atoms with van der Waals surface area (Å²) in [4.78, 5) is 11.2. The molecule has 3 N–H and O–H groups in total. The molecule has 70 valence electrons. The zero-order valence-corrected chi connectivity index (χ0v) is 8.89. The molecule has 0 saturated heterocycles. The van der Waals surface area contributed by atoms with E-state index in [1.807, 2.05) is 0 Å². The lowest BCUT2D eigenvalue weighted by Gasteiger charge is -2.05. The van der Waals surface area contributed by atoms with Gasteiger partial charge in [0.25, 0.3) is 0 Å². The molecule has 1 aromatic carbocycles. The lowest BCUT2D eigenvalue weighted by atomic mass is 10.1. The maximum absolute atomic E-state index is 11.2. The van der Waals surface area contributed by atoms with Crippen LogP contribution < -0.4 is 5.73 Å². The fourth-order valence-electron chi connectivity index (χ4n) is 0.906. The van der Waals surface area contributed by atoms with Gasteiger partial charge in [-0.15, -0.1) is 0 Å². The number of nitrogens with two attached hydrogens (primary N) is 1. The summed E-state index contributed by atoms with van der Waals surface area (Å²) in [6.45, 7) is 0. The van der Waals surface area contributed by atoms with Crippen LogP contribution in [0.15, 0.2) is 12.1 Å². The second kappa shape index (κ2) is 3.98. The molecule has 0 aliphatic rings. The zero-order valence-electron chi connectivity index (χ0n) is 6.55. The van der Waals surface area contributed by atoms with Crippen LogP contribution in [0.1, 0.15) is 10.4 Å². The number of carbonyl (C=O) groups excluding carboxylic acids is 1. The number of phenols is 1. The predicted octanol–water partition coefficient (Wildman–Crippen LogP) is 2.21. The second-order valence-electron chi connectivity index (χ2n) is 2.45. The van der Waals surface area contributed by atoms with E-state index in [9.17, 15) is 4.79 Å². The van der Waals surface area contributed by atoms with Crippen LogP contribution in [0.5, 0.6) is 5.75 Å². The Morgan fingerprint density at radius 2 is 2.23 bits per heavy atom. The first kappa shape index (κ1) is 10.3. The number of alkyl halides is 1. The van der Waals surface area contributed by atoms with Gasteiger partial charge in [-0.1, -0.05) is 27.5 Å². The molecule has 0 radical (unpaired) electrons. The van der Waals surface area contributed by atoms with Gasteiger partial charge in [0.05, 0.1) is 16.0 Å². The summed E-state index contributed by atoms with van der Waals surface area (Å²) < 4.78 is 0. The van der Waals surface area contributed by atoms with E-state index in [4.69, 9.17) is 22.4 Å². The summed E-state index contributed by atoms with van der Waals surface area (Å²) in [6, 6.07) is 2.59. The highest BCUT2D eigenvalue weighted by molar-refractivity contribution is 9.09. The number of halogens is 2. The van der Waals surface area contributed by atoms with Gasteiger partial charge in [0.15, 0.2) is 5.78 Å². The van der Waals surface area contributed by atoms with Crippen LogP contribution in [0.4, 0.5) is 5.69 Å². The van der Waals surface area contributed by atoms with Crippen molar-refractivity contribution in [2.24, 2.45) is 0 Å². The van der Waals surface area contributed by atoms with Crippen LogP contribution in [0.2, 0.25) is 5.02 Å². The molecule has 0 amide bonds. The molecule has 0 aliphatic heterocycles. The fraction of sp³-hybridized carbons (Fsp3) is 0.125. The van der Waals surface area contributed by atoms with Crippen LogP contribution in [0, 0.1) is 0 Å². The monoisotopic (exact) mass is 263 g/mol. The fourth-order valence-corrected chi connectivity index (χ4v) is 1.42. The number of phenolic OH excluding ortho intramolecular Hbond substituents is 1. The van der Waals surface area contributed by atoms with Gasteiger partial charge < -0.3 is 10.8 Å². The van der Waals surface area contributed by atoms with Gasteiger partial charge in [0.2, 0.25) is 0 Å². The van der Waals surface area contributed by atoms with Gasteiger partial charge in [-0.05, 0) is 6.07 Å². The average Bonchev–Trinajstić information content (AvgIpc) is 2.10. The third-order valence-corrected chi connectivity index (χ3v) is 2.36.